The Labute approximate surface area is 204 Å². The molecule has 2 aromatic carbocycles. The maximum Gasteiger partial charge on any atom is 0.394 e. The number of benzene rings is 2. The molecule has 0 aliphatic carbocycles. The van der Waals surface area contributed by atoms with Crippen molar-refractivity contribution in [3.05, 3.63) is 41.5 Å². The lowest BCUT2D eigenvalue weighted by Gasteiger charge is -2.31. The standard InChI is InChI=1S/C26H33F2N3O4/c1-4-17-11-18(15-31-9-7-16(2)8-10-31)20(13-22(17)32)30-25(33)24-14-29-21-12-19(35-26(3,27)28)5-6-23(21)34-24/h5-6,11-13,16,24,29,32H,4,7-10,14-15H2,1-3H3,(H,30,33). The van der Waals surface area contributed by atoms with E-state index < -0.39 is 12.2 Å². The number of nitrogens with one attached hydrogen (secondary N) is 2. The summed E-state index contributed by atoms with van der Waals surface area (Å²) in [4.78, 5) is 15.5. The highest BCUT2D eigenvalue weighted by Crippen LogP contribution is 2.35. The largest absolute Gasteiger partial charge is 0.508 e. The SMILES string of the molecule is CCc1cc(CN2CCC(C)CC2)c(NC(=O)C2CNc3cc(OC(C)(F)F)ccc3O2)cc1O. The fourth-order valence-electron chi connectivity index (χ4n) is 4.45. The molecule has 2 heterocycles. The van der Waals surface area contributed by atoms with Gasteiger partial charge in [0.1, 0.15) is 17.2 Å². The average Bonchev–Trinajstić information content (AvgIpc) is 2.80. The first-order chi connectivity index (χ1) is 16.6. The first-order valence-electron chi connectivity index (χ1n) is 12.1. The summed E-state index contributed by atoms with van der Waals surface area (Å²) in [5.74, 6) is 0.873. The molecule has 2 aliphatic rings. The Morgan fingerprint density at radius 1 is 1.26 bits per heavy atom. The van der Waals surface area contributed by atoms with Crippen LogP contribution < -0.4 is 20.1 Å². The van der Waals surface area contributed by atoms with Crippen LogP contribution in [0.3, 0.4) is 0 Å². The smallest absolute Gasteiger partial charge is 0.394 e. The highest BCUT2D eigenvalue weighted by atomic mass is 19.3. The van der Waals surface area contributed by atoms with Gasteiger partial charge in [-0.2, -0.15) is 8.78 Å². The minimum Gasteiger partial charge on any atom is -0.508 e. The molecule has 7 nitrogen and oxygen atoms in total. The van der Waals surface area contributed by atoms with Crippen molar-refractivity contribution in [2.75, 3.05) is 30.3 Å². The Bertz CT molecular complexity index is 1070. The summed E-state index contributed by atoms with van der Waals surface area (Å²) in [5, 5.41) is 16.4. The summed E-state index contributed by atoms with van der Waals surface area (Å²) in [6.45, 7) is 7.76. The number of phenols is 1. The number of fused-ring (bicyclic) bond motifs is 1. The third kappa shape index (κ3) is 6.33. The highest BCUT2D eigenvalue weighted by molar-refractivity contribution is 5.96. The molecule has 0 bridgehead atoms. The van der Waals surface area contributed by atoms with Gasteiger partial charge in [-0.05, 0) is 67.6 Å². The second-order valence-corrected chi connectivity index (χ2v) is 9.49. The second kappa shape index (κ2) is 10.3. The summed E-state index contributed by atoms with van der Waals surface area (Å²) >= 11 is 0. The number of halogens is 2. The van der Waals surface area contributed by atoms with Crippen molar-refractivity contribution in [1.82, 2.24) is 4.90 Å². The van der Waals surface area contributed by atoms with E-state index in [0.717, 1.165) is 43.0 Å². The molecule has 2 aliphatic heterocycles. The van der Waals surface area contributed by atoms with E-state index in [1.807, 2.05) is 13.0 Å². The predicted octanol–water partition coefficient (Wildman–Crippen LogP) is 4.99. The lowest BCUT2D eigenvalue weighted by molar-refractivity contribution is -0.158. The maximum absolute atomic E-state index is 13.1. The van der Waals surface area contributed by atoms with Crippen LogP contribution in [0, 0.1) is 5.92 Å². The number of aryl methyl sites for hydroxylation is 1. The molecule has 4 rings (SSSR count). The number of likely N-dealkylation sites (tertiary alicyclic amines) is 1. The van der Waals surface area contributed by atoms with Crippen LogP contribution in [0.25, 0.3) is 0 Å². The van der Waals surface area contributed by atoms with Crippen molar-refractivity contribution < 1.29 is 28.2 Å². The molecule has 0 saturated carbocycles. The first-order valence-corrected chi connectivity index (χ1v) is 12.1. The fourth-order valence-corrected chi connectivity index (χ4v) is 4.45. The Kier molecular flexibility index (Phi) is 7.35. The molecule has 2 aromatic rings. The van der Waals surface area contributed by atoms with Crippen molar-refractivity contribution in [3.63, 3.8) is 0 Å². The van der Waals surface area contributed by atoms with E-state index in [1.165, 1.54) is 18.2 Å². The number of rotatable bonds is 7. The normalized spacial score (nSPS) is 18.8. The topological polar surface area (TPSA) is 83.1 Å². The van der Waals surface area contributed by atoms with Gasteiger partial charge in [-0.25, -0.2) is 0 Å². The molecule has 35 heavy (non-hydrogen) atoms. The number of alkyl halides is 2. The zero-order valence-electron chi connectivity index (χ0n) is 20.4. The van der Waals surface area contributed by atoms with E-state index in [0.29, 0.717) is 37.0 Å². The average molecular weight is 490 g/mol. The van der Waals surface area contributed by atoms with Crippen molar-refractivity contribution >= 4 is 17.3 Å². The van der Waals surface area contributed by atoms with Crippen LogP contribution in [0.5, 0.6) is 17.2 Å². The molecule has 1 unspecified atom stereocenters. The van der Waals surface area contributed by atoms with Gasteiger partial charge < -0.3 is 25.2 Å². The Hall–Kier alpha value is -3.07. The summed E-state index contributed by atoms with van der Waals surface area (Å²) in [5.41, 5.74) is 2.82. The summed E-state index contributed by atoms with van der Waals surface area (Å²) in [7, 11) is 0. The zero-order chi connectivity index (χ0) is 25.2. The van der Waals surface area contributed by atoms with Gasteiger partial charge in [0.05, 0.1) is 12.2 Å². The van der Waals surface area contributed by atoms with Crippen LogP contribution in [0.2, 0.25) is 0 Å². The van der Waals surface area contributed by atoms with Crippen LogP contribution in [-0.2, 0) is 17.8 Å². The second-order valence-electron chi connectivity index (χ2n) is 9.49. The fraction of sp³-hybridized carbons (Fsp3) is 0.500. The van der Waals surface area contributed by atoms with Crippen LogP contribution in [0.15, 0.2) is 30.3 Å². The molecular formula is C26H33F2N3O4. The Morgan fingerprint density at radius 2 is 2.00 bits per heavy atom. The summed E-state index contributed by atoms with van der Waals surface area (Å²) < 4.78 is 36.7. The van der Waals surface area contributed by atoms with E-state index in [2.05, 4.69) is 27.2 Å². The van der Waals surface area contributed by atoms with Crippen LogP contribution in [-0.4, -0.2) is 47.8 Å². The van der Waals surface area contributed by atoms with Crippen molar-refractivity contribution in [1.29, 1.82) is 0 Å². The molecule has 1 saturated heterocycles. The van der Waals surface area contributed by atoms with Gasteiger partial charge in [-0.1, -0.05) is 13.8 Å². The number of anilines is 2. The number of hydrogen-bond acceptors (Lipinski definition) is 6. The number of ether oxygens (including phenoxy) is 2. The number of hydrogen-bond donors (Lipinski definition) is 3. The molecule has 0 spiro atoms. The molecule has 1 amide bonds. The van der Waals surface area contributed by atoms with Gasteiger partial charge in [0.25, 0.3) is 5.91 Å². The van der Waals surface area contributed by atoms with Crippen LogP contribution in [0.1, 0.15) is 44.7 Å². The van der Waals surface area contributed by atoms with Gasteiger partial charge >= 0.3 is 6.11 Å². The minimum absolute atomic E-state index is 0.00140. The Morgan fingerprint density at radius 3 is 2.69 bits per heavy atom. The van der Waals surface area contributed by atoms with Crippen LogP contribution >= 0.6 is 0 Å². The quantitative estimate of drug-likeness (QED) is 0.508. The number of carbonyl (C=O) groups is 1. The lowest BCUT2D eigenvalue weighted by atomic mass is 9.98. The van der Waals surface area contributed by atoms with E-state index in [9.17, 15) is 18.7 Å². The molecular weight excluding hydrogens is 456 g/mol. The third-order valence-corrected chi connectivity index (χ3v) is 6.50. The molecule has 1 fully saturated rings. The van der Waals surface area contributed by atoms with E-state index >= 15 is 0 Å². The number of carbonyl (C=O) groups excluding carboxylic acids is 1. The van der Waals surface area contributed by atoms with E-state index in [4.69, 9.17) is 4.74 Å². The highest BCUT2D eigenvalue weighted by Gasteiger charge is 2.29. The van der Waals surface area contributed by atoms with Crippen molar-refractivity contribution in [3.8, 4) is 17.2 Å². The summed E-state index contributed by atoms with van der Waals surface area (Å²) in [6, 6.07) is 7.85. The summed E-state index contributed by atoms with van der Waals surface area (Å²) in [6.07, 6.45) is -1.16. The molecule has 0 radical (unpaired) electrons. The van der Waals surface area contributed by atoms with E-state index in [1.54, 1.807) is 6.07 Å². The van der Waals surface area contributed by atoms with Gasteiger partial charge in [0.2, 0.25) is 0 Å². The van der Waals surface area contributed by atoms with Crippen molar-refractivity contribution in [2.45, 2.75) is 58.8 Å². The monoisotopic (exact) mass is 489 g/mol. The predicted molar refractivity (Wildman–Crippen MR) is 130 cm³/mol. The third-order valence-electron chi connectivity index (χ3n) is 6.50. The van der Waals surface area contributed by atoms with Gasteiger partial charge in [-0.3, -0.25) is 9.69 Å². The van der Waals surface area contributed by atoms with Gasteiger partial charge in [0.15, 0.2) is 6.10 Å². The number of phenolic OH excluding ortho intramolecular Hbond substituents is 1. The van der Waals surface area contributed by atoms with Crippen molar-refractivity contribution in [2.24, 2.45) is 5.92 Å². The first kappa shape index (κ1) is 25.0. The maximum atomic E-state index is 13.1. The number of amides is 1. The molecule has 190 valence electrons. The minimum atomic E-state index is -3.30. The van der Waals surface area contributed by atoms with Gasteiger partial charge in [-0.15, -0.1) is 0 Å². The molecule has 3 N–H and O–H groups in total. The zero-order valence-corrected chi connectivity index (χ0v) is 20.4. The van der Waals surface area contributed by atoms with E-state index in [-0.39, 0.29) is 24.0 Å². The molecule has 0 aromatic heterocycles. The van der Waals surface area contributed by atoms with Crippen LogP contribution in [0.4, 0.5) is 20.2 Å². The molecule has 1 atom stereocenters. The Balaban J connectivity index is 1.47. The number of nitrogens with zero attached hydrogens (tertiary/aromatic N) is 1. The number of aromatic hydroxyl groups is 1. The lowest BCUT2D eigenvalue weighted by Crippen LogP contribution is -2.41. The van der Waals surface area contributed by atoms with Gasteiger partial charge in [0, 0.05) is 31.3 Å². The molecule has 9 heteroatoms. The number of piperidine rings is 1.